The smallest absolute Gasteiger partial charge is 0.252 e. The molecule has 1 aliphatic heterocycles. The van der Waals surface area contributed by atoms with Gasteiger partial charge in [-0.2, -0.15) is 0 Å². The molecule has 3 radical (unpaired) electrons. The van der Waals surface area contributed by atoms with Gasteiger partial charge in [-0.15, -0.1) is 0 Å². The molecule has 8 heteroatoms. The molecular weight excluding hydrogens is 461 g/mol. The number of methoxy groups -OCH3 is 1. The minimum atomic E-state index is -0.452. The number of hydrogen-bond donors (Lipinski definition) is 1. The molecule has 2 fully saturated rings. The molecule has 1 aliphatic carbocycles. The zero-order valence-corrected chi connectivity index (χ0v) is 21.0. The van der Waals surface area contributed by atoms with Gasteiger partial charge in [0.1, 0.15) is 18.2 Å². The molecule has 2 aromatic carbocycles. The second kappa shape index (κ2) is 9.58. The first kappa shape index (κ1) is 23.8. The van der Waals surface area contributed by atoms with E-state index in [1.165, 1.54) is 0 Å². The number of carbonyl (C=O) groups is 1. The summed E-state index contributed by atoms with van der Waals surface area (Å²) in [5.41, 5.74) is 2.58. The van der Waals surface area contributed by atoms with E-state index >= 15 is 0 Å². The second-order valence-corrected chi connectivity index (χ2v) is 9.95. The van der Waals surface area contributed by atoms with Crippen molar-refractivity contribution >= 4 is 27.1 Å². The number of rotatable bonds is 9. The Balaban J connectivity index is 1.36. The summed E-state index contributed by atoms with van der Waals surface area (Å²) in [6.45, 7) is 2.83. The number of fused-ring (bicyclic) bond motifs is 1. The number of pyridine rings is 1. The Morgan fingerprint density at radius 1 is 1.29 bits per heavy atom. The Morgan fingerprint density at radius 3 is 2.80 bits per heavy atom. The monoisotopic (exact) mass is 490 g/mol. The summed E-state index contributed by atoms with van der Waals surface area (Å²) in [6.07, 6.45) is 4.40. The summed E-state index contributed by atoms with van der Waals surface area (Å²) >= 11 is 0. The lowest BCUT2D eigenvalue weighted by atomic mass is 9.97. The van der Waals surface area contributed by atoms with Crippen molar-refractivity contribution in [2.75, 3.05) is 26.9 Å². The average Bonchev–Trinajstić information content (AvgIpc) is 3.62. The van der Waals surface area contributed by atoms with Crippen LogP contribution in [0.25, 0.3) is 10.9 Å². The van der Waals surface area contributed by atoms with Crippen LogP contribution < -0.4 is 14.8 Å². The Bertz CT molecular complexity index is 1250. The molecule has 2 heterocycles. The van der Waals surface area contributed by atoms with E-state index in [1.54, 1.807) is 19.4 Å². The van der Waals surface area contributed by atoms with E-state index in [4.69, 9.17) is 9.47 Å². The predicted octanol–water partition coefficient (Wildman–Crippen LogP) is 3.89. The van der Waals surface area contributed by atoms with E-state index in [9.17, 15) is 9.18 Å². The number of alkyl halides is 1. The highest BCUT2D eigenvalue weighted by Gasteiger charge is 2.47. The van der Waals surface area contributed by atoms with Gasteiger partial charge in [-0.05, 0) is 61.6 Å². The number of benzene rings is 2. The Hall–Kier alpha value is -2.97. The van der Waals surface area contributed by atoms with Crippen molar-refractivity contribution in [1.29, 1.82) is 0 Å². The molecule has 3 aromatic rings. The summed E-state index contributed by atoms with van der Waals surface area (Å²) in [4.78, 5) is 20.0. The van der Waals surface area contributed by atoms with E-state index in [1.807, 2.05) is 43.3 Å². The molecule has 35 heavy (non-hydrogen) atoms. The fourth-order valence-electron chi connectivity index (χ4n) is 4.88. The van der Waals surface area contributed by atoms with Gasteiger partial charge in [-0.3, -0.25) is 14.7 Å². The SMILES string of the molecule is COc1cc(C2(NC(=O)c3cc(O[C@@H]([Si])[C@@H]4CCN4CCF)ccc3C)CC2)c2cccnc2c1. The summed E-state index contributed by atoms with van der Waals surface area (Å²) in [5.74, 6) is 1.19. The molecule has 1 amide bonds. The Labute approximate surface area is 208 Å². The van der Waals surface area contributed by atoms with E-state index in [0.29, 0.717) is 17.9 Å². The van der Waals surface area contributed by atoms with E-state index in [-0.39, 0.29) is 24.4 Å². The number of ether oxygens (including phenoxy) is 2. The molecule has 0 spiro atoms. The maximum absolute atomic E-state index is 13.5. The molecular formula is C27H29FN3O3Si. The van der Waals surface area contributed by atoms with Crippen molar-refractivity contribution in [2.45, 2.75) is 43.5 Å². The minimum absolute atomic E-state index is 0.116. The molecule has 1 aromatic heterocycles. The number of nitrogens with one attached hydrogen (secondary N) is 1. The van der Waals surface area contributed by atoms with Gasteiger partial charge in [0, 0.05) is 42.3 Å². The summed E-state index contributed by atoms with van der Waals surface area (Å²) in [6, 6.07) is 13.5. The minimum Gasteiger partial charge on any atom is -0.497 e. The fourth-order valence-corrected chi connectivity index (χ4v) is 5.39. The van der Waals surface area contributed by atoms with Crippen molar-refractivity contribution in [1.82, 2.24) is 15.2 Å². The number of amides is 1. The molecule has 1 saturated heterocycles. The molecule has 0 unspecified atom stereocenters. The lowest BCUT2D eigenvalue weighted by molar-refractivity contribution is 0.0285. The lowest BCUT2D eigenvalue weighted by Crippen LogP contribution is -2.56. The molecule has 5 rings (SSSR count). The molecule has 1 N–H and O–H groups in total. The molecule has 2 aliphatic rings. The zero-order chi connectivity index (χ0) is 24.6. The number of hydrogen-bond acceptors (Lipinski definition) is 5. The van der Waals surface area contributed by atoms with Gasteiger partial charge < -0.3 is 14.8 Å². The number of nitrogens with zero attached hydrogens (tertiary/aromatic N) is 2. The number of halogens is 1. The number of carbonyl (C=O) groups excluding carboxylic acids is 1. The third-order valence-electron chi connectivity index (χ3n) is 7.17. The fraction of sp³-hybridized carbons (Fsp3) is 0.407. The van der Waals surface area contributed by atoms with Gasteiger partial charge in [0.05, 0.1) is 34.1 Å². The van der Waals surface area contributed by atoms with Crippen LogP contribution in [0.3, 0.4) is 0 Å². The van der Waals surface area contributed by atoms with Crippen LogP contribution in [0.15, 0.2) is 48.7 Å². The molecule has 6 nitrogen and oxygen atoms in total. The highest BCUT2D eigenvalue weighted by atomic mass is 28.1. The quantitative estimate of drug-likeness (QED) is 0.461. The predicted molar refractivity (Wildman–Crippen MR) is 134 cm³/mol. The van der Waals surface area contributed by atoms with Crippen LogP contribution in [0.1, 0.15) is 40.7 Å². The van der Waals surface area contributed by atoms with Crippen molar-refractivity contribution in [3.63, 3.8) is 0 Å². The first-order valence-corrected chi connectivity index (χ1v) is 12.6. The highest BCUT2D eigenvalue weighted by Crippen LogP contribution is 2.49. The first-order chi connectivity index (χ1) is 16.9. The third kappa shape index (κ3) is 4.64. The van der Waals surface area contributed by atoms with Crippen LogP contribution in [-0.4, -0.2) is 64.7 Å². The van der Waals surface area contributed by atoms with Crippen molar-refractivity contribution in [2.24, 2.45) is 0 Å². The topological polar surface area (TPSA) is 63.7 Å². The van der Waals surface area contributed by atoms with Gasteiger partial charge in [0.25, 0.3) is 5.91 Å². The van der Waals surface area contributed by atoms with Crippen molar-refractivity contribution in [3.8, 4) is 11.5 Å². The van der Waals surface area contributed by atoms with Gasteiger partial charge in [0.2, 0.25) is 0 Å². The standard InChI is InChI=1S/C27H29FN3O3Si/c1-17-5-6-18(34-26(35)24-7-12-31(24)13-10-28)14-21(17)25(32)30-27(8-9-27)22-15-19(33-2)16-23-20(22)4-3-11-29-23/h3-6,11,14-16,24,26H,7-10,12-13H2,1-2H3,(H,30,32)/t24-,26-/m0/s1. The highest BCUT2D eigenvalue weighted by molar-refractivity contribution is 6.11. The molecule has 181 valence electrons. The van der Waals surface area contributed by atoms with Crippen molar-refractivity contribution in [3.05, 3.63) is 65.4 Å². The largest absolute Gasteiger partial charge is 0.497 e. The van der Waals surface area contributed by atoms with Crippen LogP contribution >= 0.6 is 0 Å². The van der Waals surface area contributed by atoms with Crippen LogP contribution in [0, 0.1) is 6.92 Å². The van der Waals surface area contributed by atoms with Gasteiger partial charge in [-0.25, -0.2) is 4.39 Å². The maximum atomic E-state index is 13.5. The third-order valence-corrected chi connectivity index (χ3v) is 7.67. The Kier molecular flexibility index (Phi) is 6.50. The number of aryl methyl sites for hydroxylation is 1. The number of likely N-dealkylation sites (tertiary alicyclic amines) is 1. The molecule has 0 bridgehead atoms. The summed E-state index contributed by atoms with van der Waals surface area (Å²) in [7, 11) is 5.30. The van der Waals surface area contributed by atoms with Crippen LogP contribution in [-0.2, 0) is 5.54 Å². The van der Waals surface area contributed by atoms with E-state index in [0.717, 1.165) is 53.6 Å². The van der Waals surface area contributed by atoms with Gasteiger partial charge >= 0.3 is 0 Å². The van der Waals surface area contributed by atoms with Crippen molar-refractivity contribution < 1.29 is 18.7 Å². The zero-order valence-electron chi connectivity index (χ0n) is 20.0. The van der Waals surface area contributed by atoms with Gasteiger partial charge in [0.15, 0.2) is 0 Å². The van der Waals surface area contributed by atoms with Crippen LogP contribution in [0.2, 0.25) is 0 Å². The van der Waals surface area contributed by atoms with Gasteiger partial charge in [-0.1, -0.05) is 12.1 Å². The summed E-state index contributed by atoms with van der Waals surface area (Å²) < 4.78 is 24.4. The normalized spacial score (nSPS) is 19.6. The van der Waals surface area contributed by atoms with E-state index < -0.39 is 5.54 Å². The first-order valence-electron chi connectivity index (χ1n) is 12.0. The summed E-state index contributed by atoms with van der Waals surface area (Å²) in [5, 5.41) is 4.31. The lowest BCUT2D eigenvalue weighted by Gasteiger charge is -2.43. The Morgan fingerprint density at radius 2 is 2.11 bits per heavy atom. The second-order valence-electron chi connectivity index (χ2n) is 9.38. The van der Waals surface area contributed by atoms with Crippen LogP contribution in [0.4, 0.5) is 4.39 Å². The van der Waals surface area contributed by atoms with Crippen LogP contribution in [0.5, 0.6) is 11.5 Å². The number of aromatic nitrogens is 1. The average molecular weight is 491 g/mol. The molecule has 1 saturated carbocycles. The molecule has 2 atom stereocenters. The van der Waals surface area contributed by atoms with E-state index in [2.05, 4.69) is 25.4 Å². The maximum Gasteiger partial charge on any atom is 0.252 e.